The highest BCUT2D eigenvalue weighted by Gasteiger charge is 2.19. The predicted molar refractivity (Wildman–Crippen MR) is 107 cm³/mol. The van der Waals surface area contributed by atoms with Gasteiger partial charge < -0.3 is 10.3 Å². The van der Waals surface area contributed by atoms with Gasteiger partial charge in [0.25, 0.3) is 15.9 Å². The van der Waals surface area contributed by atoms with E-state index in [2.05, 4.69) is 15.0 Å². The molecule has 9 heteroatoms. The van der Waals surface area contributed by atoms with Gasteiger partial charge >= 0.3 is 0 Å². The van der Waals surface area contributed by atoms with E-state index >= 15 is 0 Å². The second kappa shape index (κ2) is 7.64. The molecule has 3 N–H and O–H groups in total. The van der Waals surface area contributed by atoms with Crippen molar-refractivity contribution in [1.82, 2.24) is 4.98 Å². The highest BCUT2D eigenvalue weighted by atomic mass is 35.5. The molecule has 140 valence electrons. The summed E-state index contributed by atoms with van der Waals surface area (Å²) in [6, 6.07) is 12.6. The van der Waals surface area contributed by atoms with Gasteiger partial charge in [0.2, 0.25) is 0 Å². The Hall–Kier alpha value is -2.48. The van der Waals surface area contributed by atoms with Crippen LogP contribution < -0.4 is 10.0 Å². The van der Waals surface area contributed by atoms with Crippen molar-refractivity contribution in [3.05, 3.63) is 76.0 Å². The van der Waals surface area contributed by atoms with Crippen molar-refractivity contribution in [3.8, 4) is 0 Å². The second-order valence-electron chi connectivity index (χ2n) is 5.75. The quantitative estimate of drug-likeness (QED) is 0.555. The number of hydrogen-bond donors (Lipinski definition) is 3. The predicted octanol–water partition coefficient (Wildman–Crippen LogP) is 4.68. The molecule has 3 aromatic rings. The van der Waals surface area contributed by atoms with Gasteiger partial charge in [-0.25, -0.2) is 8.42 Å². The number of aromatic nitrogens is 1. The molecule has 1 heterocycles. The van der Waals surface area contributed by atoms with E-state index in [9.17, 15) is 13.2 Å². The third-order valence-corrected chi connectivity index (χ3v) is 5.80. The number of benzene rings is 2. The molecule has 1 aromatic heterocycles. The van der Waals surface area contributed by atoms with Gasteiger partial charge in [0.1, 0.15) is 5.69 Å². The number of anilines is 2. The number of para-hydroxylation sites is 1. The van der Waals surface area contributed by atoms with E-state index < -0.39 is 15.9 Å². The summed E-state index contributed by atoms with van der Waals surface area (Å²) >= 11 is 11.8. The van der Waals surface area contributed by atoms with Crippen LogP contribution in [0.4, 0.5) is 11.4 Å². The van der Waals surface area contributed by atoms with Crippen molar-refractivity contribution in [3.63, 3.8) is 0 Å². The van der Waals surface area contributed by atoms with Gasteiger partial charge in [0.05, 0.1) is 20.6 Å². The number of nitrogens with one attached hydrogen (secondary N) is 3. The molecule has 6 nitrogen and oxygen atoms in total. The van der Waals surface area contributed by atoms with Gasteiger partial charge in [-0.15, -0.1) is 0 Å². The first-order valence-corrected chi connectivity index (χ1v) is 10.0. The van der Waals surface area contributed by atoms with Gasteiger partial charge in [-0.1, -0.05) is 41.4 Å². The Morgan fingerprint density at radius 1 is 1.07 bits per heavy atom. The Morgan fingerprint density at radius 2 is 1.81 bits per heavy atom. The zero-order valence-electron chi connectivity index (χ0n) is 14.1. The smallest absolute Gasteiger partial charge is 0.272 e. The van der Waals surface area contributed by atoms with Crippen molar-refractivity contribution < 1.29 is 13.2 Å². The van der Waals surface area contributed by atoms with Crippen LogP contribution in [0.2, 0.25) is 10.0 Å². The molecule has 0 spiro atoms. The first-order valence-electron chi connectivity index (χ1n) is 7.79. The number of amides is 1. The number of H-pyrrole nitrogens is 1. The van der Waals surface area contributed by atoms with E-state index in [4.69, 9.17) is 23.2 Å². The largest absolute Gasteiger partial charge is 0.356 e. The first-order chi connectivity index (χ1) is 12.8. The summed E-state index contributed by atoms with van der Waals surface area (Å²) in [6.45, 7) is 1.66. The normalized spacial score (nSPS) is 11.2. The lowest BCUT2D eigenvalue weighted by atomic mass is 10.2. The first kappa shape index (κ1) is 19.3. The SMILES string of the molecule is Cc1ccc(NC(=O)c2cc(Cl)c[nH]2)cc1S(=O)(=O)Nc1ccccc1Cl. The lowest BCUT2D eigenvalue weighted by molar-refractivity contribution is 0.102. The molecule has 0 aliphatic carbocycles. The van der Waals surface area contributed by atoms with Crippen molar-refractivity contribution in [2.75, 3.05) is 10.0 Å². The fraction of sp³-hybridized carbons (Fsp3) is 0.0556. The highest BCUT2D eigenvalue weighted by Crippen LogP contribution is 2.27. The van der Waals surface area contributed by atoms with Gasteiger partial charge in [0, 0.05) is 11.9 Å². The zero-order valence-corrected chi connectivity index (χ0v) is 16.4. The van der Waals surface area contributed by atoms with Crippen molar-refractivity contribution in [2.45, 2.75) is 11.8 Å². The van der Waals surface area contributed by atoms with Crippen LogP contribution in [0, 0.1) is 6.92 Å². The maximum absolute atomic E-state index is 12.8. The summed E-state index contributed by atoms with van der Waals surface area (Å²) in [5, 5.41) is 3.32. The molecule has 0 saturated carbocycles. The minimum atomic E-state index is -3.90. The molecule has 0 aliphatic heterocycles. The molecule has 0 atom stereocenters. The van der Waals surface area contributed by atoms with E-state index in [1.165, 1.54) is 18.3 Å². The number of hydrogen-bond acceptors (Lipinski definition) is 3. The number of carbonyl (C=O) groups is 1. The molecule has 0 saturated heterocycles. The average molecular weight is 424 g/mol. The van der Waals surface area contributed by atoms with Crippen LogP contribution in [0.3, 0.4) is 0 Å². The van der Waals surface area contributed by atoms with Crippen LogP contribution in [0.1, 0.15) is 16.1 Å². The fourth-order valence-corrected chi connectivity index (χ4v) is 4.16. The van der Waals surface area contributed by atoms with Gasteiger partial charge in [-0.3, -0.25) is 9.52 Å². The van der Waals surface area contributed by atoms with Crippen molar-refractivity contribution in [1.29, 1.82) is 0 Å². The Kier molecular flexibility index (Phi) is 5.46. The molecular weight excluding hydrogens is 409 g/mol. The third-order valence-electron chi connectivity index (χ3n) is 3.75. The van der Waals surface area contributed by atoms with Gasteiger partial charge in [-0.2, -0.15) is 0 Å². The summed E-state index contributed by atoms with van der Waals surface area (Å²) in [5.74, 6) is -0.437. The van der Waals surface area contributed by atoms with Crippen LogP contribution in [-0.2, 0) is 10.0 Å². The molecule has 1 amide bonds. The zero-order chi connectivity index (χ0) is 19.6. The summed E-state index contributed by atoms with van der Waals surface area (Å²) in [6.07, 6.45) is 1.48. The Balaban J connectivity index is 1.88. The van der Waals surface area contributed by atoms with E-state index in [1.54, 1.807) is 43.3 Å². The minimum absolute atomic E-state index is 0.0322. The molecule has 3 rings (SSSR count). The number of aromatic amines is 1. The van der Waals surface area contributed by atoms with Crippen molar-refractivity contribution >= 4 is 50.5 Å². The Morgan fingerprint density at radius 3 is 2.48 bits per heavy atom. The lowest BCUT2D eigenvalue weighted by Crippen LogP contribution is -2.16. The summed E-state index contributed by atoms with van der Waals surface area (Å²) < 4.78 is 28.0. The second-order valence-corrected chi connectivity index (χ2v) is 8.25. The summed E-state index contributed by atoms with van der Waals surface area (Å²) in [7, 11) is -3.90. The lowest BCUT2D eigenvalue weighted by Gasteiger charge is -2.13. The molecule has 0 radical (unpaired) electrons. The number of carbonyl (C=O) groups excluding carboxylic acids is 1. The Labute approximate surface area is 166 Å². The molecule has 0 aliphatic rings. The molecule has 0 bridgehead atoms. The van der Waals surface area contributed by atoms with E-state index in [0.29, 0.717) is 16.3 Å². The van der Waals surface area contributed by atoms with Crippen molar-refractivity contribution in [2.24, 2.45) is 0 Å². The monoisotopic (exact) mass is 423 g/mol. The molecule has 27 heavy (non-hydrogen) atoms. The van der Waals surface area contributed by atoms with E-state index in [1.807, 2.05) is 0 Å². The van der Waals surface area contributed by atoms with Crippen LogP contribution >= 0.6 is 23.2 Å². The third kappa shape index (κ3) is 4.44. The number of rotatable bonds is 5. The number of sulfonamides is 1. The molecule has 0 unspecified atom stereocenters. The van der Waals surface area contributed by atoms with E-state index in [-0.39, 0.29) is 21.3 Å². The molecule has 2 aromatic carbocycles. The van der Waals surface area contributed by atoms with E-state index in [0.717, 1.165) is 0 Å². The Bertz CT molecular complexity index is 1110. The highest BCUT2D eigenvalue weighted by molar-refractivity contribution is 7.92. The van der Waals surface area contributed by atoms with Crippen LogP contribution in [0.5, 0.6) is 0 Å². The standard InChI is InChI=1S/C18H15Cl2N3O3S/c1-11-6-7-13(22-18(24)16-8-12(19)10-21-16)9-17(11)27(25,26)23-15-5-3-2-4-14(15)20/h2-10,21,23H,1H3,(H,22,24). The van der Waals surface area contributed by atoms with Crippen LogP contribution in [0.25, 0.3) is 0 Å². The van der Waals surface area contributed by atoms with Gasteiger partial charge in [-0.05, 0) is 42.8 Å². The summed E-state index contributed by atoms with van der Waals surface area (Å²) in [5.41, 5.74) is 1.39. The fourth-order valence-electron chi connectivity index (χ4n) is 2.41. The molecule has 0 fully saturated rings. The number of halogens is 2. The summed E-state index contributed by atoms with van der Waals surface area (Å²) in [4.78, 5) is 15.0. The van der Waals surface area contributed by atoms with Gasteiger partial charge in [0.15, 0.2) is 0 Å². The van der Waals surface area contributed by atoms with Crippen LogP contribution in [0.15, 0.2) is 59.6 Å². The number of aryl methyl sites for hydroxylation is 1. The maximum atomic E-state index is 12.8. The maximum Gasteiger partial charge on any atom is 0.272 e. The minimum Gasteiger partial charge on any atom is -0.356 e. The average Bonchev–Trinajstić information content (AvgIpc) is 3.05. The molecular formula is C18H15Cl2N3O3S. The van der Waals surface area contributed by atoms with Crippen LogP contribution in [-0.4, -0.2) is 19.3 Å². The topological polar surface area (TPSA) is 91.1 Å².